The van der Waals surface area contributed by atoms with Crippen molar-refractivity contribution < 1.29 is 14.6 Å². The third kappa shape index (κ3) is 4.11. The molecule has 0 radical (unpaired) electrons. The van der Waals surface area contributed by atoms with Crippen molar-refractivity contribution in [3.63, 3.8) is 0 Å². The smallest absolute Gasteiger partial charge is 0.253 e. The maximum Gasteiger partial charge on any atom is 0.253 e. The van der Waals surface area contributed by atoms with Crippen LogP contribution in [0.1, 0.15) is 29.6 Å². The molecule has 0 aliphatic carbocycles. The number of nitrogens with zero attached hydrogens (tertiary/aromatic N) is 1. The van der Waals surface area contributed by atoms with Gasteiger partial charge in [-0.1, -0.05) is 24.3 Å². The number of hydrogen-bond acceptors (Lipinski definition) is 3. The molecule has 1 amide bonds. The van der Waals surface area contributed by atoms with Crippen LogP contribution in [0.5, 0.6) is 11.5 Å². The van der Waals surface area contributed by atoms with Crippen molar-refractivity contribution >= 4 is 5.91 Å². The number of ether oxygens (including phenoxy) is 1. The van der Waals surface area contributed by atoms with Crippen LogP contribution in [0, 0.1) is 0 Å². The lowest BCUT2D eigenvalue weighted by Gasteiger charge is -2.20. The summed E-state index contributed by atoms with van der Waals surface area (Å²) in [4.78, 5) is 14.5. The van der Waals surface area contributed by atoms with E-state index in [-0.39, 0.29) is 12.0 Å². The maximum absolute atomic E-state index is 12.7. The van der Waals surface area contributed by atoms with E-state index in [0.717, 1.165) is 18.6 Å². The molecule has 4 nitrogen and oxygen atoms in total. The van der Waals surface area contributed by atoms with E-state index >= 15 is 0 Å². The van der Waals surface area contributed by atoms with Crippen molar-refractivity contribution in [3.8, 4) is 11.5 Å². The average molecular weight is 311 g/mol. The molecule has 1 N–H and O–H groups in total. The molecule has 0 bridgehead atoms. The van der Waals surface area contributed by atoms with E-state index in [4.69, 9.17) is 4.74 Å². The Labute approximate surface area is 136 Å². The molecule has 0 aromatic heterocycles. The highest BCUT2D eigenvalue weighted by atomic mass is 16.5. The van der Waals surface area contributed by atoms with Gasteiger partial charge in [-0.2, -0.15) is 0 Å². The number of likely N-dealkylation sites (tertiary alicyclic amines) is 1. The molecule has 2 aromatic carbocycles. The fraction of sp³-hybridized carbons (Fsp3) is 0.316. The van der Waals surface area contributed by atoms with E-state index in [1.54, 1.807) is 6.07 Å². The Morgan fingerprint density at radius 3 is 2.61 bits per heavy atom. The second kappa shape index (κ2) is 7.29. The molecular weight excluding hydrogens is 290 g/mol. The molecule has 1 saturated heterocycles. The standard InChI is InChI=1S/C19H21NO3/c21-16-7-5-12-20(13-11-16)19(22)15-6-4-10-18(14-15)23-17-8-2-1-3-9-17/h1-4,6,8-10,14,16,21H,5,7,11-13H2. The first-order valence-electron chi connectivity index (χ1n) is 8.03. The zero-order chi connectivity index (χ0) is 16.1. The fourth-order valence-corrected chi connectivity index (χ4v) is 2.78. The van der Waals surface area contributed by atoms with Crippen LogP contribution in [0.3, 0.4) is 0 Å². The van der Waals surface area contributed by atoms with Crippen LogP contribution in [-0.4, -0.2) is 35.1 Å². The number of carbonyl (C=O) groups excluding carboxylic acids is 1. The SMILES string of the molecule is O=C(c1cccc(Oc2ccccc2)c1)N1CCCC(O)CC1. The van der Waals surface area contributed by atoms with Crippen LogP contribution in [0.2, 0.25) is 0 Å². The molecule has 1 heterocycles. The molecule has 120 valence electrons. The van der Waals surface area contributed by atoms with Crippen LogP contribution in [0.25, 0.3) is 0 Å². The van der Waals surface area contributed by atoms with Crippen molar-refractivity contribution in [2.45, 2.75) is 25.4 Å². The van der Waals surface area contributed by atoms with Gasteiger partial charge in [0.15, 0.2) is 0 Å². The number of hydrogen-bond donors (Lipinski definition) is 1. The molecule has 0 spiro atoms. The first kappa shape index (κ1) is 15.6. The zero-order valence-corrected chi connectivity index (χ0v) is 13.0. The number of carbonyl (C=O) groups is 1. The van der Waals surface area contributed by atoms with Gasteiger partial charge in [-0.25, -0.2) is 0 Å². The van der Waals surface area contributed by atoms with Gasteiger partial charge in [0.1, 0.15) is 11.5 Å². The second-order valence-corrected chi connectivity index (χ2v) is 5.82. The first-order valence-corrected chi connectivity index (χ1v) is 8.03. The summed E-state index contributed by atoms with van der Waals surface area (Å²) in [6, 6.07) is 16.8. The Balaban J connectivity index is 1.72. The van der Waals surface area contributed by atoms with E-state index in [0.29, 0.717) is 30.8 Å². The van der Waals surface area contributed by atoms with Gasteiger partial charge < -0.3 is 14.7 Å². The maximum atomic E-state index is 12.7. The highest BCUT2D eigenvalue weighted by molar-refractivity contribution is 5.94. The van der Waals surface area contributed by atoms with E-state index < -0.39 is 0 Å². The van der Waals surface area contributed by atoms with Crippen molar-refractivity contribution in [1.29, 1.82) is 0 Å². The summed E-state index contributed by atoms with van der Waals surface area (Å²) in [6.07, 6.45) is 1.96. The first-order chi connectivity index (χ1) is 11.2. The molecule has 4 heteroatoms. The van der Waals surface area contributed by atoms with Gasteiger partial charge in [0, 0.05) is 18.7 Å². The second-order valence-electron chi connectivity index (χ2n) is 5.82. The molecule has 1 aliphatic heterocycles. The summed E-state index contributed by atoms with van der Waals surface area (Å²) in [6.45, 7) is 1.30. The third-order valence-corrected chi connectivity index (χ3v) is 4.04. The summed E-state index contributed by atoms with van der Waals surface area (Å²) >= 11 is 0. The largest absolute Gasteiger partial charge is 0.457 e. The van der Waals surface area contributed by atoms with Gasteiger partial charge in [0.05, 0.1) is 6.10 Å². The Morgan fingerprint density at radius 1 is 1.00 bits per heavy atom. The number of amides is 1. The summed E-state index contributed by atoms with van der Waals surface area (Å²) in [5, 5.41) is 9.71. The molecule has 1 aliphatic rings. The molecule has 1 atom stereocenters. The van der Waals surface area contributed by atoms with Gasteiger partial charge in [-0.05, 0) is 49.6 Å². The van der Waals surface area contributed by atoms with Gasteiger partial charge in [-0.15, -0.1) is 0 Å². The Bertz CT molecular complexity index is 657. The summed E-state index contributed by atoms with van der Waals surface area (Å²) in [5.74, 6) is 1.39. The Kier molecular flexibility index (Phi) is 4.93. The minimum atomic E-state index is -0.291. The highest BCUT2D eigenvalue weighted by Gasteiger charge is 2.20. The minimum absolute atomic E-state index is 0.00221. The van der Waals surface area contributed by atoms with E-state index in [2.05, 4.69) is 0 Å². The zero-order valence-electron chi connectivity index (χ0n) is 13.0. The van der Waals surface area contributed by atoms with E-state index in [1.807, 2.05) is 53.4 Å². The van der Waals surface area contributed by atoms with Crippen molar-refractivity contribution in [2.75, 3.05) is 13.1 Å². The number of para-hydroxylation sites is 1. The molecular formula is C19H21NO3. The number of aliphatic hydroxyl groups excluding tert-OH is 1. The molecule has 1 unspecified atom stereocenters. The molecule has 0 saturated carbocycles. The van der Waals surface area contributed by atoms with Crippen LogP contribution >= 0.6 is 0 Å². The number of benzene rings is 2. The quantitative estimate of drug-likeness (QED) is 0.944. The topological polar surface area (TPSA) is 49.8 Å². The monoisotopic (exact) mass is 311 g/mol. The lowest BCUT2D eigenvalue weighted by atomic mass is 10.2. The van der Waals surface area contributed by atoms with Gasteiger partial charge in [-0.3, -0.25) is 4.79 Å². The highest BCUT2D eigenvalue weighted by Crippen LogP contribution is 2.23. The molecule has 2 aromatic rings. The normalized spacial score (nSPS) is 18.3. The molecule has 3 rings (SSSR count). The van der Waals surface area contributed by atoms with E-state index in [9.17, 15) is 9.90 Å². The summed E-state index contributed by atoms with van der Waals surface area (Å²) in [5.41, 5.74) is 0.620. The van der Waals surface area contributed by atoms with Crippen molar-refractivity contribution in [3.05, 3.63) is 60.2 Å². The van der Waals surface area contributed by atoms with Gasteiger partial charge in [0.2, 0.25) is 0 Å². The molecule has 1 fully saturated rings. The average Bonchev–Trinajstić information content (AvgIpc) is 2.80. The third-order valence-electron chi connectivity index (χ3n) is 4.04. The van der Waals surface area contributed by atoms with Crippen molar-refractivity contribution in [1.82, 2.24) is 4.90 Å². The van der Waals surface area contributed by atoms with Crippen LogP contribution in [0.4, 0.5) is 0 Å². The van der Waals surface area contributed by atoms with Crippen LogP contribution < -0.4 is 4.74 Å². The van der Waals surface area contributed by atoms with E-state index in [1.165, 1.54) is 0 Å². The minimum Gasteiger partial charge on any atom is -0.457 e. The number of aliphatic hydroxyl groups is 1. The summed E-state index contributed by atoms with van der Waals surface area (Å²) in [7, 11) is 0. The predicted octanol–water partition coefficient (Wildman–Crippen LogP) is 3.47. The van der Waals surface area contributed by atoms with Gasteiger partial charge in [0.25, 0.3) is 5.91 Å². The molecule has 23 heavy (non-hydrogen) atoms. The van der Waals surface area contributed by atoms with Crippen molar-refractivity contribution in [2.24, 2.45) is 0 Å². The van der Waals surface area contributed by atoms with Crippen LogP contribution in [-0.2, 0) is 0 Å². The predicted molar refractivity (Wildman–Crippen MR) is 88.7 cm³/mol. The number of rotatable bonds is 3. The lowest BCUT2D eigenvalue weighted by Crippen LogP contribution is -2.32. The fourth-order valence-electron chi connectivity index (χ4n) is 2.78. The van der Waals surface area contributed by atoms with Gasteiger partial charge >= 0.3 is 0 Å². The lowest BCUT2D eigenvalue weighted by molar-refractivity contribution is 0.0753. The Hall–Kier alpha value is -2.33. The summed E-state index contributed by atoms with van der Waals surface area (Å²) < 4.78 is 5.79. The van der Waals surface area contributed by atoms with Crippen LogP contribution in [0.15, 0.2) is 54.6 Å². The Morgan fingerprint density at radius 2 is 1.78 bits per heavy atom.